The summed E-state index contributed by atoms with van der Waals surface area (Å²) in [5, 5.41) is 12.6. The molecule has 2 nitrogen and oxygen atoms in total. The molecule has 1 aromatic carbocycles. The number of nitrogens with zero attached hydrogens (tertiary/aromatic N) is 1. The summed E-state index contributed by atoms with van der Waals surface area (Å²) in [4.78, 5) is 0. The quantitative estimate of drug-likeness (QED) is 0.891. The average molecular weight is 255 g/mol. The molecule has 0 heterocycles. The van der Waals surface area contributed by atoms with Gasteiger partial charge in [-0.25, -0.2) is 4.39 Å². The smallest absolute Gasteiger partial charge is 0.126 e. The van der Waals surface area contributed by atoms with Crippen molar-refractivity contribution in [3.63, 3.8) is 0 Å². The van der Waals surface area contributed by atoms with Crippen molar-refractivity contribution in [2.45, 2.75) is 26.3 Å². The Morgan fingerprint density at radius 3 is 2.65 bits per heavy atom. The summed E-state index contributed by atoms with van der Waals surface area (Å²) >= 11 is 6.12. The van der Waals surface area contributed by atoms with E-state index in [0.717, 1.165) is 0 Å². The molecule has 0 aliphatic rings. The lowest BCUT2D eigenvalue weighted by atomic mass is 9.91. The highest BCUT2D eigenvalue weighted by Crippen LogP contribution is 2.31. The Bertz CT molecular complexity index is 440. The van der Waals surface area contributed by atoms with Gasteiger partial charge in [0.15, 0.2) is 0 Å². The van der Waals surface area contributed by atoms with Crippen molar-refractivity contribution in [2.75, 3.05) is 7.05 Å². The summed E-state index contributed by atoms with van der Waals surface area (Å²) in [6.45, 7) is 3.59. The lowest BCUT2D eigenvalue weighted by Gasteiger charge is -2.22. The summed E-state index contributed by atoms with van der Waals surface area (Å²) in [6, 6.07) is 4.99. The third-order valence-electron chi connectivity index (χ3n) is 2.93. The van der Waals surface area contributed by atoms with Crippen molar-refractivity contribution in [2.24, 2.45) is 5.92 Å². The monoisotopic (exact) mass is 254 g/mol. The van der Waals surface area contributed by atoms with Crippen molar-refractivity contribution in [3.05, 3.63) is 34.1 Å². The molecule has 2 atom stereocenters. The molecular weight excluding hydrogens is 239 g/mol. The highest BCUT2D eigenvalue weighted by Gasteiger charge is 2.23. The minimum atomic E-state index is -0.294. The minimum absolute atomic E-state index is 0.223. The van der Waals surface area contributed by atoms with Gasteiger partial charge in [-0.2, -0.15) is 5.26 Å². The van der Waals surface area contributed by atoms with Crippen LogP contribution in [-0.4, -0.2) is 7.05 Å². The molecule has 4 heteroatoms. The van der Waals surface area contributed by atoms with Crippen LogP contribution in [0, 0.1) is 30.0 Å². The van der Waals surface area contributed by atoms with Gasteiger partial charge in [-0.3, -0.25) is 0 Å². The van der Waals surface area contributed by atoms with Gasteiger partial charge in [0.05, 0.1) is 12.0 Å². The van der Waals surface area contributed by atoms with Gasteiger partial charge in [-0.15, -0.1) is 0 Å². The Morgan fingerprint density at radius 2 is 2.18 bits per heavy atom. The van der Waals surface area contributed by atoms with E-state index in [1.165, 1.54) is 6.07 Å². The summed E-state index contributed by atoms with van der Waals surface area (Å²) in [7, 11) is 1.75. The van der Waals surface area contributed by atoms with Crippen molar-refractivity contribution in [1.29, 1.82) is 5.26 Å². The first-order valence-electron chi connectivity index (χ1n) is 5.57. The molecule has 0 aromatic heterocycles. The number of halogens is 2. The third-order valence-corrected chi connectivity index (χ3v) is 3.26. The molecule has 0 radical (unpaired) electrons. The van der Waals surface area contributed by atoms with E-state index >= 15 is 0 Å². The third kappa shape index (κ3) is 2.96. The Labute approximate surface area is 106 Å². The van der Waals surface area contributed by atoms with Crippen molar-refractivity contribution < 1.29 is 4.39 Å². The maximum absolute atomic E-state index is 13.6. The number of hydrogen-bond donors (Lipinski definition) is 1. The van der Waals surface area contributed by atoms with Crippen LogP contribution in [0.15, 0.2) is 12.1 Å². The first-order valence-corrected chi connectivity index (χ1v) is 5.95. The zero-order chi connectivity index (χ0) is 13.0. The van der Waals surface area contributed by atoms with Gasteiger partial charge in [0, 0.05) is 11.1 Å². The highest BCUT2D eigenvalue weighted by atomic mass is 35.5. The van der Waals surface area contributed by atoms with Crippen LogP contribution < -0.4 is 5.32 Å². The number of hydrogen-bond acceptors (Lipinski definition) is 2. The van der Waals surface area contributed by atoms with E-state index in [0.29, 0.717) is 22.6 Å². The van der Waals surface area contributed by atoms with Crippen LogP contribution in [0.2, 0.25) is 5.02 Å². The molecule has 0 amide bonds. The van der Waals surface area contributed by atoms with Crippen LogP contribution in [0.3, 0.4) is 0 Å². The second-order valence-electron chi connectivity index (χ2n) is 4.03. The van der Waals surface area contributed by atoms with E-state index in [1.54, 1.807) is 20.0 Å². The fraction of sp³-hybridized carbons (Fsp3) is 0.462. The van der Waals surface area contributed by atoms with Crippen molar-refractivity contribution >= 4 is 11.6 Å². The summed E-state index contributed by atoms with van der Waals surface area (Å²) in [5.74, 6) is -0.517. The molecule has 0 saturated heterocycles. The molecule has 1 aromatic rings. The molecule has 0 saturated carbocycles. The maximum atomic E-state index is 13.6. The van der Waals surface area contributed by atoms with E-state index < -0.39 is 0 Å². The molecule has 2 unspecified atom stereocenters. The number of nitrogens with one attached hydrogen (secondary N) is 1. The van der Waals surface area contributed by atoms with Gasteiger partial charge in [-0.05, 0) is 43.7 Å². The van der Waals surface area contributed by atoms with E-state index in [1.807, 2.05) is 6.92 Å². The molecule has 1 rings (SSSR count). The number of rotatable bonds is 4. The Morgan fingerprint density at radius 1 is 1.53 bits per heavy atom. The van der Waals surface area contributed by atoms with Crippen LogP contribution >= 0.6 is 11.6 Å². The fourth-order valence-corrected chi connectivity index (χ4v) is 2.21. The van der Waals surface area contributed by atoms with Gasteiger partial charge < -0.3 is 5.32 Å². The average Bonchev–Trinajstić information content (AvgIpc) is 2.31. The van der Waals surface area contributed by atoms with Crippen LogP contribution in [0.4, 0.5) is 4.39 Å². The number of benzene rings is 1. The first-order chi connectivity index (χ1) is 8.04. The predicted molar refractivity (Wildman–Crippen MR) is 67.3 cm³/mol. The SMILES string of the molecule is CCC(C#N)C(NC)c1cc(F)c(C)cc1Cl. The summed E-state index contributed by atoms with van der Waals surface area (Å²) in [6.07, 6.45) is 0.688. The van der Waals surface area contributed by atoms with E-state index in [4.69, 9.17) is 16.9 Å². The normalized spacial score (nSPS) is 14.1. The molecule has 1 N–H and O–H groups in total. The molecule has 0 fully saturated rings. The van der Waals surface area contributed by atoms with Crippen molar-refractivity contribution in [3.8, 4) is 6.07 Å². The molecule has 17 heavy (non-hydrogen) atoms. The second kappa shape index (κ2) is 6.00. The zero-order valence-electron chi connectivity index (χ0n) is 10.2. The standard InChI is InChI=1S/C13H16ClFN2/c1-4-9(7-16)13(17-3)10-6-12(15)8(2)5-11(10)14/h5-6,9,13,17H,4H2,1-3H3. The van der Waals surface area contributed by atoms with Crippen LogP contribution in [-0.2, 0) is 0 Å². The number of aryl methyl sites for hydroxylation is 1. The Hall–Kier alpha value is -1.11. The van der Waals surface area contributed by atoms with Crippen LogP contribution in [0.25, 0.3) is 0 Å². The van der Waals surface area contributed by atoms with Gasteiger partial charge in [0.2, 0.25) is 0 Å². The summed E-state index contributed by atoms with van der Waals surface area (Å²) in [5.41, 5.74) is 1.16. The zero-order valence-corrected chi connectivity index (χ0v) is 11.0. The second-order valence-corrected chi connectivity index (χ2v) is 4.44. The van der Waals surface area contributed by atoms with Gasteiger partial charge in [0.25, 0.3) is 0 Å². The van der Waals surface area contributed by atoms with E-state index in [-0.39, 0.29) is 17.8 Å². The van der Waals surface area contributed by atoms with E-state index in [9.17, 15) is 4.39 Å². The van der Waals surface area contributed by atoms with Gasteiger partial charge in [0.1, 0.15) is 5.82 Å². The van der Waals surface area contributed by atoms with Gasteiger partial charge in [-0.1, -0.05) is 18.5 Å². The molecule has 0 aliphatic carbocycles. The number of nitriles is 1. The molecular formula is C13H16ClFN2. The topological polar surface area (TPSA) is 35.8 Å². The fourth-order valence-electron chi connectivity index (χ4n) is 1.87. The van der Waals surface area contributed by atoms with Gasteiger partial charge >= 0.3 is 0 Å². The van der Waals surface area contributed by atoms with E-state index in [2.05, 4.69) is 11.4 Å². The lowest BCUT2D eigenvalue weighted by molar-refractivity contribution is 0.447. The summed E-state index contributed by atoms with van der Waals surface area (Å²) < 4.78 is 13.6. The molecule has 92 valence electrons. The molecule has 0 aliphatic heterocycles. The van der Waals surface area contributed by atoms with Crippen LogP contribution in [0.5, 0.6) is 0 Å². The maximum Gasteiger partial charge on any atom is 0.126 e. The lowest BCUT2D eigenvalue weighted by Crippen LogP contribution is -2.24. The Balaban J connectivity index is 3.21. The first kappa shape index (κ1) is 14.0. The molecule has 0 spiro atoms. The van der Waals surface area contributed by atoms with Crippen molar-refractivity contribution in [1.82, 2.24) is 5.32 Å². The van der Waals surface area contributed by atoms with Crippen LogP contribution in [0.1, 0.15) is 30.5 Å². The minimum Gasteiger partial charge on any atom is -0.312 e. The highest BCUT2D eigenvalue weighted by molar-refractivity contribution is 6.31. The predicted octanol–water partition coefficient (Wildman–Crippen LogP) is 3.60. The Kier molecular flexibility index (Phi) is 4.92. The molecule has 0 bridgehead atoms. The largest absolute Gasteiger partial charge is 0.312 e.